The van der Waals surface area contributed by atoms with Gasteiger partial charge in [0.05, 0.1) is 11.0 Å². The van der Waals surface area contributed by atoms with Gasteiger partial charge in [-0.25, -0.2) is 4.79 Å². The van der Waals surface area contributed by atoms with Crippen LogP contribution in [0.5, 0.6) is 0 Å². The second kappa shape index (κ2) is 10.9. The number of nitrogens with zero attached hydrogens (tertiary/aromatic N) is 1. The van der Waals surface area contributed by atoms with E-state index >= 15 is 0 Å². The van der Waals surface area contributed by atoms with Crippen LogP contribution in [0, 0.1) is 10.1 Å². The van der Waals surface area contributed by atoms with Crippen LogP contribution in [-0.4, -0.2) is 39.8 Å². The van der Waals surface area contributed by atoms with Crippen LogP contribution < -0.4 is 10.6 Å². The van der Waals surface area contributed by atoms with Gasteiger partial charge in [-0.05, 0) is 23.6 Å². The number of hydrogen-bond acceptors (Lipinski definition) is 7. The molecule has 0 spiro atoms. The molecule has 0 aromatic heterocycles. The first-order valence-corrected chi connectivity index (χ1v) is 9.14. The van der Waals surface area contributed by atoms with Gasteiger partial charge >= 0.3 is 6.09 Å². The summed E-state index contributed by atoms with van der Waals surface area (Å²) in [6.07, 6.45) is -3.39. The van der Waals surface area contributed by atoms with E-state index in [2.05, 4.69) is 10.6 Å². The Hall–Kier alpha value is -3.50. The van der Waals surface area contributed by atoms with Crippen LogP contribution in [0.25, 0.3) is 0 Å². The highest BCUT2D eigenvalue weighted by atomic mass is 16.6. The number of ether oxygens (including phenoxy) is 1. The minimum absolute atomic E-state index is 0.0111. The van der Waals surface area contributed by atoms with Crippen LogP contribution in [0.2, 0.25) is 0 Å². The van der Waals surface area contributed by atoms with Gasteiger partial charge in [0, 0.05) is 19.5 Å². The molecule has 0 aliphatic carbocycles. The molecule has 0 radical (unpaired) electrons. The molecule has 4 N–H and O–H groups in total. The summed E-state index contributed by atoms with van der Waals surface area (Å²) in [7, 11) is 0. The maximum Gasteiger partial charge on any atom is 0.407 e. The molecule has 0 aliphatic rings. The number of nitrogens with one attached hydrogen (secondary N) is 2. The van der Waals surface area contributed by atoms with Crippen molar-refractivity contribution in [1.29, 1.82) is 0 Å². The Kier molecular flexibility index (Phi) is 8.27. The summed E-state index contributed by atoms with van der Waals surface area (Å²) in [6, 6.07) is 12.8. The van der Waals surface area contributed by atoms with E-state index in [4.69, 9.17) is 4.74 Å². The molecule has 0 bridgehead atoms. The Morgan fingerprint density at radius 3 is 2.50 bits per heavy atom. The first kappa shape index (κ1) is 22.8. The number of nitro groups is 1. The second-order valence-electron chi connectivity index (χ2n) is 6.50. The number of benzene rings is 2. The van der Waals surface area contributed by atoms with Gasteiger partial charge in [0.15, 0.2) is 0 Å². The third-order valence-electron chi connectivity index (χ3n) is 4.16. The smallest absolute Gasteiger partial charge is 0.407 e. The minimum atomic E-state index is -1.42. The van der Waals surface area contributed by atoms with Gasteiger partial charge in [-0.15, -0.1) is 0 Å². The number of carbonyl (C=O) groups is 2. The van der Waals surface area contributed by atoms with Crippen molar-refractivity contribution in [3.05, 3.63) is 69.8 Å². The lowest BCUT2D eigenvalue weighted by Gasteiger charge is -2.19. The number of hydrogen-bond donors (Lipinski definition) is 4. The molecule has 0 saturated heterocycles. The highest BCUT2D eigenvalue weighted by Gasteiger charge is 2.23. The summed E-state index contributed by atoms with van der Waals surface area (Å²) in [4.78, 5) is 33.4. The van der Waals surface area contributed by atoms with Crippen molar-refractivity contribution in [2.75, 3.05) is 11.9 Å². The van der Waals surface area contributed by atoms with E-state index in [9.17, 15) is 29.9 Å². The average molecular weight is 417 g/mol. The predicted molar refractivity (Wildman–Crippen MR) is 108 cm³/mol. The zero-order chi connectivity index (χ0) is 22.1. The Bertz CT molecular complexity index is 889. The van der Waals surface area contributed by atoms with E-state index in [1.165, 1.54) is 19.1 Å². The van der Waals surface area contributed by atoms with Crippen LogP contribution >= 0.6 is 0 Å². The van der Waals surface area contributed by atoms with Gasteiger partial charge in [0.2, 0.25) is 5.91 Å². The zero-order valence-electron chi connectivity index (χ0n) is 16.3. The van der Waals surface area contributed by atoms with Crippen molar-refractivity contribution in [1.82, 2.24) is 5.32 Å². The van der Waals surface area contributed by atoms with Crippen molar-refractivity contribution in [2.45, 2.75) is 32.2 Å². The first-order chi connectivity index (χ1) is 14.3. The molecule has 160 valence electrons. The highest BCUT2D eigenvalue weighted by Crippen LogP contribution is 2.29. The van der Waals surface area contributed by atoms with E-state index in [1.807, 2.05) is 30.3 Å². The monoisotopic (exact) mass is 417 g/mol. The number of nitro benzene ring substituents is 1. The lowest BCUT2D eigenvalue weighted by molar-refractivity contribution is -0.384. The Labute approximate surface area is 172 Å². The Morgan fingerprint density at radius 1 is 1.17 bits per heavy atom. The number of aliphatic hydroxyl groups is 2. The fourth-order valence-corrected chi connectivity index (χ4v) is 2.66. The van der Waals surface area contributed by atoms with Crippen molar-refractivity contribution < 1.29 is 29.5 Å². The molecular formula is C20H23N3O7. The molecule has 10 heteroatoms. The normalized spacial score (nSPS) is 12.5. The average Bonchev–Trinajstić information content (AvgIpc) is 2.72. The molecule has 30 heavy (non-hydrogen) atoms. The summed E-state index contributed by atoms with van der Waals surface area (Å²) in [5.74, 6) is -0.475. The summed E-state index contributed by atoms with van der Waals surface area (Å²) < 4.78 is 5.04. The van der Waals surface area contributed by atoms with E-state index < -0.39 is 34.8 Å². The molecule has 2 amide bonds. The van der Waals surface area contributed by atoms with E-state index in [0.29, 0.717) is 0 Å². The second-order valence-corrected chi connectivity index (χ2v) is 6.50. The molecule has 0 saturated carbocycles. The number of carbonyl (C=O) groups excluding carboxylic acids is 2. The molecule has 2 atom stereocenters. The van der Waals surface area contributed by atoms with Crippen LogP contribution in [0.1, 0.15) is 30.6 Å². The van der Waals surface area contributed by atoms with Crippen molar-refractivity contribution in [3.63, 3.8) is 0 Å². The number of amides is 2. The molecule has 2 aromatic carbocycles. The van der Waals surface area contributed by atoms with E-state index in [0.717, 1.165) is 11.6 Å². The molecule has 0 heterocycles. The molecule has 2 unspecified atom stereocenters. The third kappa shape index (κ3) is 6.83. The number of rotatable bonds is 9. The molecule has 10 nitrogen and oxygen atoms in total. The van der Waals surface area contributed by atoms with Crippen LogP contribution in [0.15, 0.2) is 48.5 Å². The number of aliphatic hydroxyl groups excluding tert-OH is 2. The molecule has 2 aromatic rings. The van der Waals surface area contributed by atoms with E-state index in [1.54, 1.807) is 0 Å². The lowest BCUT2D eigenvalue weighted by Crippen LogP contribution is -2.29. The Morgan fingerprint density at radius 2 is 1.87 bits per heavy atom. The van der Waals surface area contributed by atoms with Gasteiger partial charge in [0.25, 0.3) is 5.69 Å². The lowest BCUT2D eigenvalue weighted by atomic mass is 10.0. The van der Waals surface area contributed by atoms with Gasteiger partial charge in [-0.1, -0.05) is 36.4 Å². The number of alkyl carbamates (subject to hydrolysis) is 1. The third-order valence-corrected chi connectivity index (χ3v) is 4.16. The fraction of sp³-hybridized carbons (Fsp3) is 0.300. The zero-order valence-corrected chi connectivity index (χ0v) is 16.3. The standard InChI is InChI=1S/C20H23N3O7/c1-13(24)22-16-8-7-15(11-17(16)23(28)29)19(26)18(25)9-10-21-20(27)30-12-14-5-3-2-4-6-14/h2-8,11,18-19,25-26H,9-10,12H2,1H3,(H,21,27)(H,22,24). The Balaban J connectivity index is 1.87. The number of anilines is 1. The molecule has 2 rings (SSSR count). The van der Waals surface area contributed by atoms with Gasteiger partial charge in [-0.3, -0.25) is 14.9 Å². The minimum Gasteiger partial charge on any atom is -0.445 e. The summed E-state index contributed by atoms with van der Waals surface area (Å²) in [5.41, 5.74) is 0.514. The quantitative estimate of drug-likeness (QED) is 0.361. The van der Waals surface area contributed by atoms with Gasteiger partial charge in [-0.2, -0.15) is 0 Å². The summed E-state index contributed by atoms with van der Waals surface area (Å²) in [5, 5.41) is 36.4. The molecule has 0 fully saturated rings. The van der Waals surface area contributed by atoms with Crippen molar-refractivity contribution in [3.8, 4) is 0 Å². The van der Waals surface area contributed by atoms with Crippen molar-refractivity contribution in [2.24, 2.45) is 0 Å². The van der Waals surface area contributed by atoms with Gasteiger partial charge in [0.1, 0.15) is 18.4 Å². The van der Waals surface area contributed by atoms with Gasteiger partial charge < -0.3 is 25.6 Å². The SMILES string of the molecule is CC(=O)Nc1ccc(C(O)C(O)CCNC(=O)OCc2ccccc2)cc1[N+](=O)[O-]. The van der Waals surface area contributed by atoms with Crippen molar-refractivity contribution >= 4 is 23.4 Å². The largest absolute Gasteiger partial charge is 0.445 e. The molecular weight excluding hydrogens is 394 g/mol. The van der Waals surface area contributed by atoms with Crippen LogP contribution in [0.3, 0.4) is 0 Å². The maximum atomic E-state index is 11.7. The molecule has 0 aliphatic heterocycles. The van der Waals surface area contributed by atoms with Crippen LogP contribution in [0.4, 0.5) is 16.2 Å². The van der Waals surface area contributed by atoms with E-state index in [-0.39, 0.29) is 30.8 Å². The first-order valence-electron chi connectivity index (χ1n) is 9.14. The predicted octanol–water partition coefficient (Wildman–Crippen LogP) is 2.26. The van der Waals surface area contributed by atoms with Crippen LogP contribution in [-0.2, 0) is 16.1 Å². The fourth-order valence-electron chi connectivity index (χ4n) is 2.66. The summed E-state index contributed by atoms with van der Waals surface area (Å²) in [6.45, 7) is 1.34. The maximum absolute atomic E-state index is 11.7. The topological polar surface area (TPSA) is 151 Å². The highest BCUT2D eigenvalue weighted by molar-refractivity contribution is 5.91. The summed E-state index contributed by atoms with van der Waals surface area (Å²) >= 11 is 0.